The SMILES string of the molecule is CC1(C)CC[C@]23CC[C@]4(C)[C@H](CC[C@@H]5[C@@]6(C)Cc7c([nH]c8ccccc78)C(C)(C)[C@H]6CC[C@]54C)[C@@H]2[C@H]1OC3. The van der Waals surface area contributed by atoms with E-state index in [9.17, 15) is 0 Å². The van der Waals surface area contributed by atoms with Crippen LogP contribution in [0.15, 0.2) is 24.3 Å². The molecule has 0 amide bonds. The van der Waals surface area contributed by atoms with Gasteiger partial charge in [-0.25, -0.2) is 0 Å². The van der Waals surface area contributed by atoms with E-state index in [4.69, 9.17) is 4.74 Å². The molecule has 0 spiro atoms. The minimum absolute atomic E-state index is 0.192. The lowest BCUT2D eigenvalue weighted by Crippen LogP contribution is -2.67. The number of nitrogens with one attached hydrogen (secondary N) is 1. The van der Waals surface area contributed by atoms with Crippen molar-refractivity contribution in [3.05, 3.63) is 35.5 Å². The molecule has 2 heteroatoms. The summed E-state index contributed by atoms with van der Waals surface area (Å²) >= 11 is 0. The summed E-state index contributed by atoms with van der Waals surface area (Å²) in [5, 5.41) is 1.49. The lowest BCUT2D eigenvalue weighted by Gasteiger charge is -2.73. The Hall–Kier alpha value is -1.28. The van der Waals surface area contributed by atoms with Crippen LogP contribution in [0.5, 0.6) is 0 Å². The predicted octanol–water partition coefficient (Wildman–Crippen LogP) is 9.07. The standard InChI is InChI=1S/C36H51NO/c1-31(2)16-18-36-19-17-34(6)24(28(36)30(31)38-21-36)12-13-27-33(5)20-23-22-10-8-9-11-25(22)37-29(23)32(3,4)26(33)14-15-35(27,34)7/h8-11,24,26-28,30,37H,12-21H2,1-7H3/t24-,26-,27-,28-,30-,33+,34-,35-,36-/m1/s1. The number of H-pyrrole nitrogens is 1. The van der Waals surface area contributed by atoms with E-state index in [0.717, 1.165) is 30.3 Å². The normalized spacial score (nSPS) is 49.9. The zero-order chi connectivity index (χ0) is 26.5. The molecule has 2 aromatic rings. The van der Waals surface area contributed by atoms with Crippen molar-refractivity contribution in [1.29, 1.82) is 0 Å². The number of fused-ring (bicyclic) bond motifs is 8. The van der Waals surface area contributed by atoms with Crippen LogP contribution in [-0.2, 0) is 16.6 Å². The van der Waals surface area contributed by atoms with E-state index in [2.05, 4.69) is 77.7 Å². The third-order valence-corrected chi connectivity index (χ3v) is 15.3. The molecule has 1 aromatic carbocycles. The van der Waals surface area contributed by atoms with Gasteiger partial charge in [0.2, 0.25) is 0 Å². The van der Waals surface area contributed by atoms with Crippen molar-refractivity contribution in [1.82, 2.24) is 4.98 Å². The average molecular weight is 514 g/mol. The molecule has 1 saturated heterocycles. The van der Waals surface area contributed by atoms with Gasteiger partial charge in [-0.2, -0.15) is 0 Å². The number of hydrogen-bond acceptors (Lipinski definition) is 1. The summed E-state index contributed by atoms with van der Waals surface area (Å²) in [5.74, 6) is 3.18. The molecule has 9 atom stereocenters. The van der Waals surface area contributed by atoms with Crippen LogP contribution in [0.3, 0.4) is 0 Å². The highest BCUT2D eigenvalue weighted by Gasteiger charge is 2.72. The number of ether oxygens (including phenoxy) is 1. The summed E-state index contributed by atoms with van der Waals surface area (Å²) < 4.78 is 6.79. The lowest BCUT2D eigenvalue weighted by molar-refractivity contribution is -0.232. The highest BCUT2D eigenvalue weighted by Crippen LogP contribution is 2.77. The summed E-state index contributed by atoms with van der Waals surface area (Å²) in [4.78, 5) is 3.93. The van der Waals surface area contributed by atoms with Gasteiger partial charge in [-0.15, -0.1) is 0 Å². The first-order chi connectivity index (χ1) is 17.9. The van der Waals surface area contributed by atoms with Gasteiger partial charge in [0, 0.05) is 22.0 Å². The molecule has 0 unspecified atom stereocenters. The number of aromatic amines is 1. The van der Waals surface area contributed by atoms with Crippen molar-refractivity contribution < 1.29 is 4.74 Å². The number of aromatic nitrogens is 1. The van der Waals surface area contributed by atoms with Crippen molar-refractivity contribution in [2.24, 2.45) is 50.7 Å². The van der Waals surface area contributed by atoms with E-state index < -0.39 is 0 Å². The number of rotatable bonds is 0. The Morgan fingerprint density at radius 3 is 2.37 bits per heavy atom. The summed E-state index contributed by atoms with van der Waals surface area (Å²) in [7, 11) is 0. The second-order valence-corrected chi connectivity index (χ2v) is 17.2. The topological polar surface area (TPSA) is 25.0 Å². The van der Waals surface area contributed by atoms with Crippen LogP contribution in [0.25, 0.3) is 10.9 Å². The molecule has 38 heavy (non-hydrogen) atoms. The summed E-state index contributed by atoms with van der Waals surface area (Å²) in [6, 6.07) is 9.12. The largest absolute Gasteiger partial charge is 0.377 e. The zero-order valence-electron chi connectivity index (χ0n) is 25.2. The van der Waals surface area contributed by atoms with E-state index in [0.29, 0.717) is 33.2 Å². The van der Waals surface area contributed by atoms with E-state index >= 15 is 0 Å². The van der Waals surface area contributed by atoms with Crippen LogP contribution in [0, 0.1) is 50.7 Å². The molecule has 1 aromatic heterocycles. The Kier molecular flexibility index (Phi) is 4.60. The van der Waals surface area contributed by atoms with E-state index in [1.165, 1.54) is 68.7 Å². The van der Waals surface area contributed by atoms with Crippen LogP contribution in [-0.4, -0.2) is 17.7 Å². The van der Waals surface area contributed by atoms with Gasteiger partial charge in [0.05, 0.1) is 12.7 Å². The average Bonchev–Trinajstić information content (AvgIpc) is 3.40. The van der Waals surface area contributed by atoms with Gasteiger partial charge < -0.3 is 9.72 Å². The highest BCUT2D eigenvalue weighted by atomic mass is 16.5. The predicted molar refractivity (Wildman–Crippen MR) is 156 cm³/mol. The quantitative estimate of drug-likeness (QED) is 0.373. The third-order valence-electron chi connectivity index (χ3n) is 15.3. The number of para-hydroxylation sites is 1. The molecule has 0 radical (unpaired) electrons. The molecule has 4 saturated carbocycles. The molecule has 8 rings (SSSR count). The minimum atomic E-state index is 0.192. The molecular formula is C36H51NO. The van der Waals surface area contributed by atoms with Crippen molar-refractivity contribution in [3.63, 3.8) is 0 Å². The van der Waals surface area contributed by atoms with Crippen molar-refractivity contribution in [3.8, 4) is 0 Å². The maximum absolute atomic E-state index is 6.79. The smallest absolute Gasteiger partial charge is 0.0663 e. The fourth-order valence-electron chi connectivity index (χ4n) is 13.3. The second-order valence-electron chi connectivity index (χ2n) is 17.2. The monoisotopic (exact) mass is 513 g/mol. The molecule has 2 bridgehead atoms. The Morgan fingerprint density at radius 1 is 0.789 bits per heavy atom. The molecule has 5 fully saturated rings. The first kappa shape index (κ1) is 24.5. The van der Waals surface area contributed by atoms with Gasteiger partial charge in [-0.1, -0.05) is 66.7 Å². The molecule has 2 nitrogen and oxygen atoms in total. The number of benzene rings is 1. The van der Waals surface area contributed by atoms with Crippen molar-refractivity contribution in [2.45, 2.75) is 118 Å². The lowest BCUT2D eigenvalue weighted by atomic mass is 9.31. The first-order valence-electron chi connectivity index (χ1n) is 16.1. The molecule has 1 aliphatic heterocycles. The van der Waals surface area contributed by atoms with Crippen LogP contribution < -0.4 is 0 Å². The van der Waals surface area contributed by atoms with Crippen molar-refractivity contribution in [2.75, 3.05) is 6.61 Å². The highest BCUT2D eigenvalue weighted by molar-refractivity contribution is 5.85. The molecule has 5 aliphatic carbocycles. The van der Waals surface area contributed by atoms with E-state index in [1.807, 2.05) is 0 Å². The maximum Gasteiger partial charge on any atom is 0.0663 e. The first-order valence-corrected chi connectivity index (χ1v) is 16.1. The van der Waals surface area contributed by atoms with Gasteiger partial charge in [0.1, 0.15) is 0 Å². The fraction of sp³-hybridized carbons (Fsp3) is 0.778. The molecular weight excluding hydrogens is 462 g/mol. The van der Waals surface area contributed by atoms with Crippen molar-refractivity contribution >= 4 is 10.9 Å². The molecule has 206 valence electrons. The number of hydrogen-bond donors (Lipinski definition) is 1. The Labute approximate surface area is 231 Å². The Morgan fingerprint density at radius 2 is 1.55 bits per heavy atom. The van der Waals surface area contributed by atoms with Gasteiger partial charge in [-0.05, 0) is 120 Å². The van der Waals surface area contributed by atoms with Crippen LogP contribution in [0.4, 0.5) is 0 Å². The summed E-state index contributed by atoms with van der Waals surface area (Å²) in [6.45, 7) is 19.5. The van der Waals surface area contributed by atoms with E-state index in [-0.39, 0.29) is 5.41 Å². The van der Waals surface area contributed by atoms with Gasteiger partial charge in [0.15, 0.2) is 0 Å². The Balaban J connectivity index is 1.23. The fourth-order valence-corrected chi connectivity index (χ4v) is 13.3. The molecule has 6 aliphatic rings. The van der Waals surface area contributed by atoms with Gasteiger partial charge in [0.25, 0.3) is 0 Å². The zero-order valence-corrected chi connectivity index (χ0v) is 25.2. The van der Waals surface area contributed by atoms with Crippen LogP contribution >= 0.6 is 0 Å². The summed E-state index contributed by atoms with van der Waals surface area (Å²) in [6.07, 6.45) is 13.0. The third kappa shape index (κ3) is 2.62. The molecule has 2 heterocycles. The second kappa shape index (κ2) is 7.13. The Bertz CT molecular complexity index is 1320. The maximum atomic E-state index is 6.79. The van der Waals surface area contributed by atoms with Gasteiger partial charge in [-0.3, -0.25) is 0 Å². The van der Waals surface area contributed by atoms with E-state index in [1.54, 1.807) is 11.3 Å². The van der Waals surface area contributed by atoms with Crippen LogP contribution in [0.2, 0.25) is 0 Å². The van der Waals surface area contributed by atoms with Gasteiger partial charge >= 0.3 is 0 Å². The minimum Gasteiger partial charge on any atom is -0.377 e. The van der Waals surface area contributed by atoms with Crippen LogP contribution in [0.1, 0.15) is 111 Å². The summed E-state index contributed by atoms with van der Waals surface area (Å²) in [5.41, 5.74) is 6.76. The molecule has 1 N–H and O–H groups in total.